The number of benzene rings is 8. The molecule has 5 nitrogen and oxygen atoms in total. The van der Waals surface area contributed by atoms with Crippen molar-refractivity contribution in [3.05, 3.63) is 223 Å². The normalized spacial score (nSPS) is 12.2. The van der Waals surface area contributed by atoms with Crippen LogP contribution in [0.1, 0.15) is 16.7 Å². The fraction of sp³-hybridized carbons (Fsp3) is 0.0508. The molecular formula is C59H34F9N5. The number of rotatable bonds is 8. The third kappa shape index (κ3) is 9.07. The third-order valence-electron chi connectivity index (χ3n) is 12.5. The Labute approximate surface area is 410 Å². The Bertz CT molecular complexity index is 3560. The zero-order valence-electron chi connectivity index (χ0n) is 37.8. The van der Waals surface area contributed by atoms with Crippen molar-refractivity contribution < 1.29 is 39.5 Å². The second kappa shape index (κ2) is 18.0. The molecule has 3 aromatic heterocycles. The molecule has 11 aromatic rings. The van der Waals surface area contributed by atoms with Gasteiger partial charge < -0.3 is 4.57 Å². The molecule has 0 unspecified atom stereocenters. The quantitative estimate of drug-likeness (QED) is 0.142. The molecule has 73 heavy (non-hydrogen) atoms. The van der Waals surface area contributed by atoms with E-state index >= 15 is 13.2 Å². The van der Waals surface area contributed by atoms with Gasteiger partial charge in [-0.15, -0.1) is 0 Å². The minimum Gasteiger partial charge on any atom is -0.308 e. The molecule has 11 rings (SSSR count). The van der Waals surface area contributed by atoms with Crippen LogP contribution in [0.5, 0.6) is 0 Å². The van der Waals surface area contributed by atoms with Gasteiger partial charge in [0.25, 0.3) is 0 Å². The zero-order chi connectivity index (χ0) is 50.6. The molecular weight excluding hydrogens is 950 g/mol. The van der Waals surface area contributed by atoms with Crippen molar-refractivity contribution in [1.29, 1.82) is 0 Å². The fourth-order valence-electron chi connectivity index (χ4n) is 9.06. The summed E-state index contributed by atoms with van der Waals surface area (Å²) in [6.07, 6.45) is -15.2. The summed E-state index contributed by atoms with van der Waals surface area (Å²) in [6.45, 7) is 0. The predicted octanol–water partition coefficient (Wildman–Crippen LogP) is 17.1. The molecule has 14 heteroatoms. The lowest BCUT2D eigenvalue weighted by Crippen LogP contribution is -2.11. The Morgan fingerprint density at radius 1 is 0.288 bits per heavy atom. The Kier molecular flexibility index (Phi) is 11.5. The van der Waals surface area contributed by atoms with E-state index in [4.69, 9.17) is 19.9 Å². The Morgan fingerprint density at radius 3 is 1.22 bits per heavy atom. The van der Waals surface area contributed by atoms with E-state index in [0.717, 1.165) is 12.1 Å². The summed E-state index contributed by atoms with van der Waals surface area (Å²) in [5.74, 6) is 0.0584. The molecule has 358 valence electrons. The average molecular weight is 984 g/mol. The molecule has 0 aliphatic heterocycles. The summed E-state index contributed by atoms with van der Waals surface area (Å²) >= 11 is 0. The monoisotopic (exact) mass is 983 g/mol. The number of hydrogen-bond donors (Lipinski definition) is 0. The molecule has 0 bridgehead atoms. The Hall–Kier alpha value is -8.91. The highest BCUT2D eigenvalue weighted by Gasteiger charge is 2.38. The zero-order valence-corrected chi connectivity index (χ0v) is 37.8. The van der Waals surface area contributed by atoms with Crippen LogP contribution in [0.4, 0.5) is 39.5 Å². The first-order chi connectivity index (χ1) is 35.1. The number of hydrogen-bond acceptors (Lipinski definition) is 4. The number of fused-ring (bicyclic) bond motifs is 3. The van der Waals surface area contributed by atoms with Gasteiger partial charge >= 0.3 is 18.5 Å². The summed E-state index contributed by atoms with van der Waals surface area (Å²) in [5, 5.41) is 1.06. The highest BCUT2D eigenvalue weighted by molar-refractivity contribution is 6.11. The van der Waals surface area contributed by atoms with Crippen molar-refractivity contribution in [2.45, 2.75) is 18.5 Å². The van der Waals surface area contributed by atoms with Crippen LogP contribution in [-0.4, -0.2) is 24.5 Å². The molecule has 0 saturated heterocycles. The fourth-order valence-corrected chi connectivity index (χ4v) is 9.06. The second-order valence-corrected chi connectivity index (χ2v) is 17.2. The average Bonchev–Trinajstić information content (AvgIpc) is 3.73. The van der Waals surface area contributed by atoms with E-state index < -0.39 is 40.8 Å². The van der Waals surface area contributed by atoms with Crippen molar-refractivity contribution >= 4 is 21.8 Å². The molecule has 0 aliphatic rings. The SMILES string of the molecule is FC(F)(F)c1cc(-c2ccc3c4ccccc4n(-c4c(-c5cc(-c6ccccc6)nc(-c6ccccc6)n5)cc(C(F)(F)F)cc4-c4nc(-c5ccccc5)cc(-c5ccccc5)n4)c3c2)cc(C(F)(F)F)c1. The van der Waals surface area contributed by atoms with E-state index in [2.05, 4.69) is 0 Å². The molecule has 8 aromatic carbocycles. The van der Waals surface area contributed by atoms with E-state index in [1.54, 1.807) is 126 Å². The molecule has 0 fully saturated rings. The van der Waals surface area contributed by atoms with Crippen LogP contribution in [-0.2, 0) is 18.5 Å². The van der Waals surface area contributed by atoms with E-state index in [0.29, 0.717) is 67.8 Å². The van der Waals surface area contributed by atoms with Gasteiger partial charge in [0.15, 0.2) is 11.6 Å². The molecule has 0 aliphatic carbocycles. The summed E-state index contributed by atoms with van der Waals surface area (Å²) in [6, 6.07) is 54.0. The van der Waals surface area contributed by atoms with Gasteiger partial charge in [-0.2, -0.15) is 39.5 Å². The van der Waals surface area contributed by atoms with Gasteiger partial charge in [0.1, 0.15) is 0 Å². The minimum atomic E-state index is -5.14. The number of aromatic nitrogens is 5. The highest BCUT2D eigenvalue weighted by Crippen LogP contribution is 2.47. The lowest BCUT2D eigenvalue weighted by atomic mass is 9.96. The van der Waals surface area contributed by atoms with Crippen LogP contribution in [0.3, 0.4) is 0 Å². The summed E-state index contributed by atoms with van der Waals surface area (Å²) in [7, 11) is 0. The van der Waals surface area contributed by atoms with Gasteiger partial charge in [0, 0.05) is 44.2 Å². The second-order valence-electron chi connectivity index (χ2n) is 17.2. The topological polar surface area (TPSA) is 56.5 Å². The molecule has 0 saturated carbocycles. The Balaban J connectivity index is 1.31. The number of nitrogens with zero attached hydrogens (tertiary/aromatic N) is 5. The van der Waals surface area contributed by atoms with Gasteiger partial charge in [-0.05, 0) is 65.7 Å². The standard InChI is InChI=1S/C59H34F9N5/c60-57(61,62)41-27-40(28-42(30-41)58(63,64)65)39-25-26-45-44-23-13-14-24-52(44)73(53(45)29-39)54-46(51-34-50(37-19-9-3-10-20-37)69-55(72-51)38-21-11-4-12-22-38)31-43(59(66,67)68)32-47(54)56-70-48(35-15-5-1-6-16-35)33-49(71-56)36-17-7-2-8-18-36/h1-34H. The lowest BCUT2D eigenvalue weighted by molar-refractivity contribution is -0.143. The van der Waals surface area contributed by atoms with E-state index in [1.165, 1.54) is 12.1 Å². The maximum atomic E-state index is 15.8. The van der Waals surface area contributed by atoms with Crippen molar-refractivity contribution in [2.24, 2.45) is 0 Å². The van der Waals surface area contributed by atoms with E-state index in [9.17, 15) is 26.3 Å². The van der Waals surface area contributed by atoms with Crippen LogP contribution >= 0.6 is 0 Å². The number of para-hydroxylation sites is 1. The van der Waals surface area contributed by atoms with Crippen LogP contribution in [0.15, 0.2) is 206 Å². The largest absolute Gasteiger partial charge is 0.416 e. The number of alkyl halides is 9. The van der Waals surface area contributed by atoms with Crippen molar-refractivity contribution in [1.82, 2.24) is 24.5 Å². The van der Waals surface area contributed by atoms with E-state index in [1.807, 2.05) is 42.5 Å². The lowest BCUT2D eigenvalue weighted by Gasteiger charge is -2.22. The van der Waals surface area contributed by atoms with Crippen molar-refractivity contribution in [3.8, 4) is 84.6 Å². The molecule has 0 amide bonds. The van der Waals surface area contributed by atoms with Gasteiger partial charge in [-0.3, -0.25) is 0 Å². The molecule has 0 atom stereocenters. The van der Waals surface area contributed by atoms with Crippen LogP contribution < -0.4 is 0 Å². The molecule has 0 spiro atoms. The van der Waals surface area contributed by atoms with Gasteiger partial charge in [-0.25, -0.2) is 19.9 Å². The van der Waals surface area contributed by atoms with Gasteiger partial charge in [0.2, 0.25) is 0 Å². The smallest absolute Gasteiger partial charge is 0.308 e. The maximum Gasteiger partial charge on any atom is 0.416 e. The van der Waals surface area contributed by atoms with Crippen molar-refractivity contribution in [2.75, 3.05) is 0 Å². The van der Waals surface area contributed by atoms with Crippen molar-refractivity contribution in [3.63, 3.8) is 0 Å². The minimum absolute atomic E-state index is 0.0309. The number of halogens is 9. The Morgan fingerprint density at radius 2 is 0.699 bits per heavy atom. The molecule has 3 heterocycles. The summed E-state index contributed by atoms with van der Waals surface area (Å²) < 4.78 is 135. The molecule has 0 radical (unpaired) electrons. The van der Waals surface area contributed by atoms with Gasteiger partial charge in [-0.1, -0.05) is 152 Å². The van der Waals surface area contributed by atoms with Crippen LogP contribution in [0.2, 0.25) is 0 Å². The van der Waals surface area contributed by atoms with Gasteiger partial charge in [0.05, 0.1) is 56.2 Å². The predicted molar refractivity (Wildman–Crippen MR) is 265 cm³/mol. The first-order valence-corrected chi connectivity index (χ1v) is 22.7. The molecule has 0 N–H and O–H groups in total. The highest BCUT2D eigenvalue weighted by atomic mass is 19.4. The van der Waals surface area contributed by atoms with Crippen LogP contribution in [0.25, 0.3) is 106 Å². The first kappa shape index (κ1) is 46.5. The first-order valence-electron chi connectivity index (χ1n) is 22.7. The third-order valence-corrected chi connectivity index (χ3v) is 12.5. The maximum absolute atomic E-state index is 15.8. The van der Waals surface area contributed by atoms with E-state index in [-0.39, 0.29) is 51.3 Å². The summed E-state index contributed by atoms with van der Waals surface area (Å²) in [5.41, 5.74) is -0.339. The summed E-state index contributed by atoms with van der Waals surface area (Å²) in [4.78, 5) is 19.9. The van der Waals surface area contributed by atoms with Crippen LogP contribution in [0, 0.1) is 0 Å².